The largest absolute Gasteiger partial charge is 0.870 e. The average molecular weight is 1750 g/mol. The van der Waals surface area contributed by atoms with E-state index in [2.05, 4.69) is 383 Å². The number of benzene rings is 14. The first-order valence-corrected chi connectivity index (χ1v) is 45.9. The van der Waals surface area contributed by atoms with E-state index in [0.717, 1.165) is 86.1 Å². The van der Waals surface area contributed by atoms with Crippen LogP contribution < -0.4 is 29.6 Å². The molecule has 3 heterocycles. The first-order chi connectivity index (χ1) is 62.7. The summed E-state index contributed by atoms with van der Waals surface area (Å²) in [6.07, 6.45) is 0. The maximum Gasteiger partial charge on any atom is 0.290 e. The molecule has 17 rings (SSSR count). The molecule has 0 spiro atoms. The molecule has 0 saturated carbocycles. The molecule has 0 saturated heterocycles. The quantitative estimate of drug-likeness (QED) is 0.0874. The van der Waals surface area contributed by atoms with Crippen LogP contribution in [0.4, 0.5) is 22.7 Å². The third-order valence-corrected chi connectivity index (χ3v) is 24.8. The Morgan fingerprint density at radius 3 is 1.06 bits per heavy atom. The Balaban J connectivity index is 0.000000159. The summed E-state index contributed by atoms with van der Waals surface area (Å²) >= 11 is 0. The molecule has 3 aromatic heterocycles. The second kappa shape index (κ2) is 44.1. The number of para-hydroxylation sites is 10. The predicted octanol–water partition coefficient (Wildman–Crippen LogP) is 27.5. The van der Waals surface area contributed by atoms with Crippen LogP contribution in [0.5, 0.6) is 0 Å². The zero-order chi connectivity index (χ0) is 94.3. The van der Waals surface area contributed by atoms with E-state index in [4.69, 9.17) is 4.98 Å². The van der Waals surface area contributed by atoms with Crippen LogP contribution >= 0.6 is 0 Å². The topological polar surface area (TPSA) is 130 Å². The van der Waals surface area contributed by atoms with Crippen molar-refractivity contribution in [3.05, 3.63) is 418 Å². The Bertz CT molecular complexity index is 6640. The van der Waals surface area contributed by atoms with Crippen molar-refractivity contribution < 1.29 is 24.2 Å². The molecule has 0 aliphatic rings. The van der Waals surface area contributed by atoms with Crippen LogP contribution in [-0.2, 0) is 47.3 Å². The Morgan fingerprint density at radius 2 is 0.667 bits per heavy atom. The number of hydrogen-bond donors (Lipinski definition) is 2. The van der Waals surface area contributed by atoms with Gasteiger partial charge in [-0.3, -0.25) is 9.59 Å². The van der Waals surface area contributed by atoms with Crippen LogP contribution in [-0.4, -0.2) is 50.1 Å². The summed E-state index contributed by atoms with van der Waals surface area (Å²) in [4.78, 5) is 35.4. The van der Waals surface area contributed by atoms with Gasteiger partial charge >= 0.3 is 0 Å². The number of carbonyl (C=O) groups is 2. The molecule has 0 radical (unpaired) electrons. The molecule has 0 fully saturated rings. The number of carbonyl (C=O) groups excluding carboxylic acids is 2. The van der Waals surface area contributed by atoms with Gasteiger partial charge in [-0.25, -0.2) is 23.3 Å². The number of nitrogens with zero attached hydrogens (tertiary/aromatic N) is 8. The van der Waals surface area contributed by atoms with E-state index in [1.165, 1.54) is 156 Å². The normalized spacial score (nSPS) is 10.8. The number of amides is 2. The Morgan fingerprint density at radius 1 is 0.348 bits per heavy atom. The summed E-state index contributed by atoms with van der Waals surface area (Å²) in [5.74, 6) is 3.63. The molecular formula is C119H135N10O3+. The minimum Gasteiger partial charge on any atom is -0.870 e. The summed E-state index contributed by atoms with van der Waals surface area (Å²) in [7, 11) is 10.2. The molecule has 0 unspecified atom stereocenters. The number of fused-ring (bicyclic) bond motifs is 3. The van der Waals surface area contributed by atoms with E-state index in [-0.39, 0.29) is 17.3 Å². The Hall–Kier alpha value is -14.0. The van der Waals surface area contributed by atoms with Crippen molar-refractivity contribution in [1.29, 1.82) is 0 Å². The van der Waals surface area contributed by atoms with Gasteiger partial charge in [-0.2, -0.15) is 0 Å². The summed E-state index contributed by atoms with van der Waals surface area (Å²) in [6, 6.07) is 98.0. The Labute approximate surface area is 785 Å². The number of hydrogen-bond acceptors (Lipinski definition) is 6. The van der Waals surface area contributed by atoms with Crippen molar-refractivity contribution in [2.24, 2.45) is 21.1 Å². The van der Waals surface area contributed by atoms with Crippen LogP contribution in [0, 0.1) is 132 Å². The highest BCUT2D eigenvalue weighted by Crippen LogP contribution is 2.37. The molecule has 13 heteroatoms. The molecule has 678 valence electrons. The highest BCUT2D eigenvalue weighted by Gasteiger charge is 2.31. The fourth-order valence-corrected chi connectivity index (χ4v) is 18.7. The van der Waals surface area contributed by atoms with E-state index in [1.807, 2.05) is 115 Å². The van der Waals surface area contributed by atoms with Crippen LogP contribution in [0.1, 0.15) is 163 Å². The van der Waals surface area contributed by atoms with Crippen LogP contribution in [0.15, 0.2) is 279 Å². The molecule has 0 bridgehead atoms. The number of rotatable bonds is 17. The van der Waals surface area contributed by atoms with Gasteiger partial charge in [-0.1, -0.05) is 282 Å². The summed E-state index contributed by atoms with van der Waals surface area (Å²) in [6.45, 7) is 47.3. The third kappa shape index (κ3) is 22.7. The molecule has 0 aliphatic heterocycles. The first-order valence-electron chi connectivity index (χ1n) is 45.9. The van der Waals surface area contributed by atoms with E-state index in [1.54, 1.807) is 4.90 Å². The molecule has 14 aromatic carbocycles. The lowest BCUT2D eigenvalue weighted by atomic mass is 9.98. The minimum atomic E-state index is 0. The van der Waals surface area contributed by atoms with Crippen LogP contribution in [0.2, 0.25) is 0 Å². The number of aromatic nitrogens is 6. The molecule has 2 amide bonds. The molecule has 13 nitrogen and oxygen atoms in total. The standard InChI is InChI=1S/2C25H28N2O.2C25H27N2.C17H18N2.C2H6.H2O/c1-17-10-12-21(13-11-17)16-26-22-8-6-7-9-23(22)27(5)25(28)24-19(3)14-18(2)15-20(24)4;1-17-10-12-21(13-11-17)16-27(23-9-7-6-8-22(23)26-5)25(28)24-19(3)14-18(2)15-20(24)4;2*1-17-10-12-21(13-11-17)16-27-23-9-7-6-8-22(23)26(5)25(27)24-19(3)14-18(2)15-20(24)4;1-11-9-12(2)16(13(3)10-11)17-18-14-7-5-6-8-15(14)19(17)4;1-2;/h2*6-15,26H,16H2,1-5H3;2*6-15H,16H2,1-5H3;5-10H,1-4H3;1-2H3;1H2/q;;2*+1;;;/p-1. The second-order valence-electron chi connectivity index (χ2n) is 35.6. The van der Waals surface area contributed by atoms with Crippen molar-refractivity contribution in [3.8, 4) is 34.2 Å². The zero-order valence-electron chi connectivity index (χ0n) is 82.7. The highest BCUT2D eigenvalue weighted by atomic mass is 16.2. The maximum absolute atomic E-state index is 13.7. The molecule has 17 aromatic rings. The minimum absolute atomic E-state index is 0. The lowest BCUT2D eigenvalue weighted by molar-refractivity contribution is -0.634. The maximum atomic E-state index is 13.7. The van der Waals surface area contributed by atoms with Crippen LogP contribution in [0.25, 0.3) is 67.3 Å². The first kappa shape index (κ1) is 98.6. The van der Waals surface area contributed by atoms with Gasteiger partial charge in [0.15, 0.2) is 22.1 Å². The van der Waals surface area contributed by atoms with E-state index in [9.17, 15) is 9.59 Å². The lowest BCUT2D eigenvalue weighted by Crippen LogP contribution is -2.32. The average Bonchev–Trinajstić information content (AvgIpc) is 1.61. The summed E-state index contributed by atoms with van der Waals surface area (Å²) in [5, 5.41) is 6.70. The van der Waals surface area contributed by atoms with Gasteiger partial charge < -0.3 is 30.5 Å². The number of aryl methyl sites for hydroxylation is 22. The fraction of sp³-hybridized carbons (Fsp3) is 0.252. The molecule has 132 heavy (non-hydrogen) atoms. The molecule has 0 aliphatic carbocycles. The van der Waals surface area contributed by atoms with Gasteiger partial charge in [0.25, 0.3) is 23.5 Å². The van der Waals surface area contributed by atoms with Crippen molar-refractivity contribution in [1.82, 2.24) is 18.7 Å². The van der Waals surface area contributed by atoms with Gasteiger partial charge in [0, 0.05) is 44.4 Å². The summed E-state index contributed by atoms with van der Waals surface area (Å²) in [5.41, 5.74) is 44.7. The van der Waals surface area contributed by atoms with Crippen molar-refractivity contribution in [2.45, 2.75) is 172 Å². The van der Waals surface area contributed by atoms with E-state index < -0.39 is 0 Å². The van der Waals surface area contributed by atoms with Crippen LogP contribution in [0.3, 0.4) is 0 Å². The number of imidazole rings is 3. The number of nitrogens with one attached hydrogen (secondary N) is 2. The molecule has 0 atom stereocenters. The molecule has 3 N–H and O–H groups in total. The van der Waals surface area contributed by atoms with Gasteiger partial charge in [-0.15, -0.1) is 0 Å². The third-order valence-electron chi connectivity index (χ3n) is 24.8. The van der Waals surface area contributed by atoms with Crippen molar-refractivity contribution in [2.75, 3.05) is 34.5 Å². The monoisotopic (exact) mass is 1750 g/mol. The smallest absolute Gasteiger partial charge is 0.290 e. The number of anilines is 4. The van der Waals surface area contributed by atoms with E-state index in [0.29, 0.717) is 13.1 Å². The van der Waals surface area contributed by atoms with Crippen molar-refractivity contribution >= 4 is 67.7 Å². The van der Waals surface area contributed by atoms with Gasteiger partial charge in [0.1, 0.15) is 18.9 Å². The predicted molar refractivity (Wildman–Crippen MR) is 556 cm³/mol. The Kier molecular flexibility index (Phi) is 32.9. The summed E-state index contributed by atoms with van der Waals surface area (Å²) < 4.78 is 11.8. The zero-order valence-corrected chi connectivity index (χ0v) is 82.7. The SMILES string of the molecule is CC.CNc1ccccc1N(Cc1ccc(C)cc1)C(=O)c1c(C)cc(C)cc1C.Cc1cc(C)c(-c2nc3ccccc3n2C)c(C)c1.Cc1ccc(CNc2ccccc2N(C)C(=O)c2c(C)cc(C)cc2C)cc1.Cc1ccc(Cn2c(-c3c(C)cc(C)cc3C)[n+](C)c3ccccc32)cc1.Cc1ccc(Cn2c(-c3c(C)cc(C)cc3C)[n+](C)c3ccccc32)cc1.[OH-]. The van der Waals surface area contributed by atoms with E-state index >= 15 is 0 Å². The highest BCUT2D eigenvalue weighted by molar-refractivity contribution is 6.10. The van der Waals surface area contributed by atoms with Crippen molar-refractivity contribution in [3.63, 3.8) is 0 Å². The lowest BCUT2D eigenvalue weighted by Gasteiger charge is -2.27. The van der Waals surface area contributed by atoms with Gasteiger partial charge in [0.05, 0.1) is 65.5 Å². The fourth-order valence-electron chi connectivity index (χ4n) is 18.7. The second-order valence-corrected chi connectivity index (χ2v) is 35.6. The van der Waals surface area contributed by atoms with Gasteiger partial charge in [-0.05, 0) is 270 Å². The molecular weight excluding hydrogens is 1620 g/mol. The van der Waals surface area contributed by atoms with Gasteiger partial charge in [0.2, 0.25) is 0 Å².